The second-order valence-electron chi connectivity index (χ2n) is 6.63. The van der Waals surface area contributed by atoms with Crippen molar-refractivity contribution in [3.05, 3.63) is 53.2 Å². The van der Waals surface area contributed by atoms with Crippen LogP contribution in [0.4, 0.5) is 5.82 Å². The number of fused-ring (bicyclic) bond motifs is 1. The average Bonchev–Trinajstić information content (AvgIpc) is 3.25. The number of rotatable bonds is 7. The van der Waals surface area contributed by atoms with Crippen LogP contribution in [-0.2, 0) is 9.53 Å². The van der Waals surface area contributed by atoms with Crippen LogP contribution in [0.25, 0.3) is 11.2 Å². The maximum Gasteiger partial charge on any atom is 0.331 e. The summed E-state index contributed by atoms with van der Waals surface area (Å²) in [6, 6.07) is 0. The lowest BCUT2D eigenvalue weighted by Crippen LogP contribution is -2.27. The van der Waals surface area contributed by atoms with E-state index in [1.165, 1.54) is 23.4 Å². The number of hydrogen-bond donors (Lipinski definition) is 1. The lowest BCUT2D eigenvalue weighted by atomic mass is 10.2. The molecule has 1 aliphatic rings. The average molecular weight is 415 g/mol. The Morgan fingerprint density at radius 2 is 2.14 bits per heavy atom. The molecule has 154 valence electrons. The molecular weight excluding hydrogens is 388 g/mol. The minimum absolute atomic E-state index is 0.348. The van der Waals surface area contributed by atoms with Gasteiger partial charge >= 0.3 is 5.97 Å². The van der Waals surface area contributed by atoms with Gasteiger partial charge in [-0.15, -0.1) is 11.8 Å². The molecule has 2 aromatic heterocycles. The summed E-state index contributed by atoms with van der Waals surface area (Å²) in [7, 11) is 4.06. The van der Waals surface area contributed by atoms with Crippen LogP contribution in [0.5, 0.6) is 0 Å². The summed E-state index contributed by atoms with van der Waals surface area (Å²) in [6.45, 7) is 4.82. The lowest BCUT2D eigenvalue weighted by molar-refractivity contribution is -0.137. The van der Waals surface area contributed by atoms with Crippen molar-refractivity contribution in [2.45, 2.75) is 13.8 Å². The Morgan fingerprint density at radius 3 is 2.79 bits per heavy atom. The molecule has 0 aliphatic carbocycles. The van der Waals surface area contributed by atoms with Crippen molar-refractivity contribution in [2.75, 3.05) is 38.8 Å². The first-order chi connectivity index (χ1) is 13.9. The smallest absolute Gasteiger partial charge is 0.331 e. The van der Waals surface area contributed by atoms with Gasteiger partial charge in [0.05, 0.1) is 23.5 Å². The third-order valence-corrected chi connectivity index (χ3v) is 5.15. The van der Waals surface area contributed by atoms with E-state index in [1.807, 2.05) is 50.1 Å². The van der Waals surface area contributed by atoms with E-state index in [-0.39, 0.29) is 5.97 Å². The van der Waals surface area contributed by atoms with Crippen molar-refractivity contribution in [3.63, 3.8) is 0 Å². The highest BCUT2D eigenvalue weighted by molar-refractivity contribution is 8.02. The fourth-order valence-electron chi connectivity index (χ4n) is 3.00. The number of nitrogens with one attached hydrogen (secondary N) is 1. The van der Waals surface area contributed by atoms with Crippen molar-refractivity contribution in [2.24, 2.45) is 0 Å². The quantitative estimate of drug-likeness (QED) is 0.421. The maximum atomic E-state index is 11.6. The predicted octanol–water partition coefficient (Wildman–Crippen LogP) is 2.99. The Balaban J connectivity index is 1.87. The van der Waals surface area contributed by atoms with Crippen LogP contribution in [0.2, 0.25) is 0 Å². The molecule has 8 nitrogen and oxygen atoms in total. The van der Waals surface area contributed by atoms with E-state index in [0.717, 1.165) is 28.5 Å². The number of nitrogens with zero attached hydrogens (tertiary/aromatic N) is 5. The Bertz CT molecular complexity index is 994. The summed E-state index contributed by atoms with van der Waals surface area (Å²) in [5.74, 6) is 0.309. The van der Waals surface area contributed by atoms with Crippen LogP contribution >= 0.6 is 11.8 Å². The zero-order valence-electron chi connectivity index (χ0n) is 17.3. The van der Waals surface area contributed by atoms with E-state index in [9.17, 15) is 4.79 Å². The largest absolute Gasteiger partial charge is 0.463 e. The summed E-state index contributed by atoms with van der Waals surface area (Å²) in [5.41, 5.74) is 3.76. The number of carbonyl (C=O) groups excluding carboxylic acids is 1. The van der Waals surface area contributed by atoms with Crippen LogP contribution in [0.3, 0.4) is 0 Å². The fraction of sp³-hybridized carbons (Fsp3) is 0.350. The highest BCUT2D eigenvalue weighted by atomic mass is 32.2. The first-order valence-corrected chi connectivity index (χ1v) is 10.5. The van der Waals surface area contributed by atoms with Gasteiger partial charge in [0.15, 0.2) is 11.5 Å². The molecule has 0 spiro atoms. The number of thioether (sulfide) groups is 1. The van der Waals surface area contributed by atoms with Gasteiger partial charge in [0.25, 0.3) is 0 Å². The van der Waals surface area contributed by atoms with Crippen LogP contribution in [-0.4, -0.2) is 63.9 Å². The van der Waals surface area contributed by atoms with Gasteiger partial charge in [0, 0.05) is 50.9 Å². The van der Waals surface area contributed by atoms with Gasteiger partial charge in [0.1, 0.15) is 0 Å². The molecule has 0 aromatic carbocycles. The number of aromatic nitrogens is 3. The van der Waals surface area contributed by atoms with Gasteiger partial charge in [-0.05, 0) is 31.8 Å². The van der Waals surface area contributed by atoms with E-state index < -0.39 is 0 Å². The van der Waals surface area contributed by atoms with E-state index in [4.69, 9.17) is 4.74 Å². The normalized spacial score (nSPS) is 15.8. The van der Waals surface area contributed by atoms with Crippen molar-refractivity contribution >= 4 is 34.8 Å². The van der Waals surface area contributed by atoms with Crippen molar-refractivity contribution < 1.29 is 9.53 Å². The topological polar surface area (TPSA) is 75.0 Å². The molecular formula is C20H26N6O2S. The summed E-state index contributed by atoms with van der Waals surface area (Å²) >= 11 is 1.53. The number of hydrazine groups is 1. The number of allylic oxidation sites excluding steroid dienone is 2. The molecule has 0 fully saturated rings. The second-order valence-corrected chi connectivity index (χ2v) is 7.48. The summed E-state index contributed by atoms with van der Waals surface area (Å²) in [6.07, 6.45) is 13.0. The molecule has 0 saturated heterocycles. The zero-order chi connectivity index (χ0) is 21.0. The van der Waals surface area contributed by atoms with Crippen LogP contribution in [0, 0.1) is 0 Å². The molecule has 3 rings (SSSR count). The molecule has 0 atom stereocenters. The first-order valence-electron chi connectivity index (χ1n) is 9.27. The first kappa shape index (κ1) is 20.9. The van der Waals surface area contributed by atoms with Crippen LogP contribution in [0.15, 0.2) is 47.5 Å². The minimum Gasteiger partial charge on any atom is -0.463 e. The third-order valence-electron chi connectivity index (χ3n) is 4.49. The van der Waals surface area contributed by atoms with Gasteiger partial charge in [-0.3, -0.25) is 4.40 Å². The molecule has 0 radical (unpaired) electrons. The Kier molecular flexibility index (Phi) is 6.60. The number of anilines is 1. The van der Waals surface area contributed by atoms with Crippen LogP contribution in [0.1, 0.15) is 19.5 Å². The number of esters is 1. The number of ether oxygens (including phenoxy) is 1. The Labute approximate surface area is 174 Å². The van der Waals surface area contributed by atoms with Crippen molar-refractivity contribution in [3.8, 4) is 0 Å². The van der Waals surface area contributed by atoms with E-state index >= 15 is 0 Å². The van der Waals surface area contributed by atoms with E-state index in [1.54, 1.807) is 13.1 Å². The SMILES string of the molecule is CCOC(=O)/C=C(C)/C=C(/Nc1nccn2c(C3=CN(C)N(C)C3)cnc12)SC. The van der Waals surface area contributed by atoms with E-state index in [0.29, 0.717) is 12.4 Å². The lowest BCUT2D eigenvalue weighted by Gasteiger charge is -2.18. The molecule has 9 heteroatoms. The number of hydrogen-bond acceptors (Lipinski definition) is 8. The predicted molar refractivity (Wildman–Crippen MR) is 117 cm³/mol. The summed E-state index contributed by atoms with van der Waals surface area (Å²) in [4.78, 5) is 20.7. The number of likely N-dealkylation sites (N-methyl/N-ethyl adjacent to an activating group) is 1. The van der Waals surface area contributed by atoms with Gasteiger partial charge < -0.3 is 15.1 Å². The van der Waals surface area contributed by atoms with Gasteiger partial charge in [-0.2, -0.15) is 0 Å². The van der Waals surface area contributed by atoms with Crippen molar-refractivity contribution in [1.29, 1.82) is 0 Å². The van der Waals surface area contributed by atoms with Gasteiger partial charge in [-0.1, -0.05) is 0 Å². The molecule has 3 heterocycles. The molecule has 0 unspecified atom stereocenters. The molecule has 29 heavy (non-hydrogen) atoms. The highest BCUT2D eigenvalue weighted by Crippen LogP contribution is 2.26. The molecule has 1 N–H and O–H groups in total. The molecule has 0 saturated carbocycles. The zero-order valence-corrected chi connectivity index (χ0v) is 18.2. The number of imidazole rings is 1. The minimum atomic E-state index is -0.348. The second kappa shape index (κ2) is 9.15. The maximum absolute atomic E-state index is 11.6. The number of carbonyl (C=O) groups is 1. The van der Waals surface area contributed by atoms with Gasteiger partial charge in [-0.25, -0.2) is 19.8 Å². The standard InChI is InChI=1S/C20H26N6O2S/c1-6-28-18(27)10-14(2)9-17(29-5)23-19-20-22-11-16(26(20)8-7-21-19)15-12-24(3)25(4)13-15/h7-12H,6,13H2,1-5H3,(H,21,23)/b14-10+,17-9-. The van der Waals surface area contributed by atoms with Gasteiger partial charge in [0.2, 0.25) is 0 Å². The molecule has 0 amide bonds. The highest BCUT2D eigenvalue weighted by Gasteiger charge is 2.20. The summed E-state index contributed by atoms with van der Waals surface area (Å²) < 4.78 is 7.00. The monoisotopic (exact) mass is 414 g/mol. The van der Waals surface area contributed by atoms with Crippen molar-refractivity contribution in [1.82, 2.24) is 24.4 Å². The Morgan fingerprint density at radius 1 is 1.34 bits per heavy atom. The summed E-state index contributed by atoms with van der Waals surface area (Å²) in [5, 5.41) is 8.37. The molecule has 1 aliphatic heterocycles. The van der Waals surface area contributed by atoms with Crippen LogP contribution < -0.4 is 5.32 Å². The molecule has 2 aromatic rings. The molecule has 0 bridgehead atoms. The van der Waals surface area contributed by atoms with E-state index in [2.05, 4.69) is 31.5 Å². The fourth-order valence-corrected chi connectivity index (χ4v) is 3.50. The third kappa shape index (κ3) is 4.80. The Hall–Kier alpha value is -2.78.